The van der Waals surface area contributed by atoms with Crippen LogP contribution in [0.4, 0.5) is 0 Å². The molecule has 0 spiro atoms. The summed E-state index contributed by atoms with van der Waals surface area (Å²) in [6, 6.07) is 66.2. The number of fused-ring (bicyclic) bond motifs is 8. The van der Waals surface area contributed by atoms with Crippen molar-refractivity contribution in [2.75, 3.05) is 0 Å². The Morgan fingerprint density at radius 3 is 1.56 bits per heavy atom. The summed E-state index contributed by atoms with van der Waals surface area (Å²) in [7, 11) is 0. The van der Waals surface area contributed by atoms with E-state index in [9.17, 15) is 0 Å². The molecule has 0 aliphatic heterocycles. The molecule has 0 radical (unpaired) electrons. The smallest absolute Gasteiger partial charge is 0.0547 e. The molecule has 2 aromatic heterocycles. The van der Waals surface area contributed by atoms with E-state index >= 15 is 0 Å². The summed E-state index contributed by atoms with van der Waals surface area (Å²) in [6.45, 7) is 0. The Hall–Kier alpha value is -6.38. The molecule has 0 unspecified atom stereocenters. The average molecular weight is 611 g/mol. The second kappa shape index (κ2) is 10.6. The maximum Gasteiger partial charge on any atom is 0.0547 e. The van der Waals surface area contributed by atoms with Gasteiger partial charge in [-0.25, -0.2) is 0 Å². The molecule has 0 bridgehead atoms. The molecule has 0 N–H and O–H groups in total. The third-order valence-corrected chi connectivity index (χ3v) is 9.91. The minimum absolute atomic E-state index is 1.17. The van der Waals surface area contributed by atoms with Gasteiger partial charge in [0.15, 0.2) is 0 Å². The molecule has 2 nitrogen and oxygen atoms in total. The van der Waals surface area contributed by atoms with Gasteiger partial charge in [-0.05, 0) is 87.6 Å². The molecule has 2 heteroatoms. The molecule has 0 aliphatic carbocycles. The summed E-state index contributed by atoms with van der Waals surface area (Å²) in [5, 5.41) is 7.62. The summed E-state index contributed by atoms with van der Waals surface area (Å²) in [5.74, 6) is 0. The summed E-state index contributed by atoms with van der Waals surface area (Å²) >= 11 is 0. The van der Waals surface area contributed by atoms with Crippen molar-refractivity contribution in [3.8, 4) is 33.6 Å². The van der Waals surface area contributed by atoms with Gasteiger partial charge in [0, 0.05) is 32.9 Å². The highest BCUT2D eigenvalue weighted by atomic mass is 15.0. The number of hydrogen-bond donors (Lipinski definition) is 0. The SMILES string of the molecule is c1ccc(-c2ccc(-n3c4ccccc4c4c5ccc(-c6ccc7c8ccccc8n(-c8ccccc8)c7c6)cc5ccc43)cc2)cc1. The number of hydrogen-bond acceptors (Lipinski definition) is 0. The minimum Gasteiger partial charge on any atom is -0.309 e. The zero-order chi connectivity index (χ0) is 31.6. The zero-order valence-corrected chi connectivity index (χ0v) is 26.2. The third-order valence-electron chi connectivity index (χ3n) is 9.91. The molecule has 0 saturated carbocycles. The van der Waals surface area contributed by atoms with Crippen LogP contribution in [-0.4, -0.2) is 9.13 Å². The van der Waals surface area contributed by atoms with E-state index in [2.05, 4.69) is 191 Å². The van der Waals surface area contributed by atoms with E-state index in [1.165, 1.54) is 88.0 Å². The highest BCUT2D eigenvalue weighted by Crippen LogP contribution is 2.40. The van der Waals surface area contributed by atoms with Crippen LogP contribution in [0.5, 0.6) is 0 Å². The van der Waals surface area contributed by atoms with Gasteiger partial charge in [-0.2, -0.15) is 0 Å². The van der Waals surface area contributed by atoms with Crippen molar-refractivity contribution < 1.29 is 0 Å². The van der Waals surface area contributed by atoms with Gasteiger partial charge in [-0.15, -0.1) is 0 Å². The van der Waals surface area contributed by atoms with Crippen LogP contribution in [0.3, 0.4) is 0 Å². The van der Waals surface area contributed by atoms with Crippen molar-refractivity contribution in [3.63, 3.8) is 0 Å². The average Bonchev–Trinajstić information content (AvgIpc) is 3.68. The van der Waals surface area contributed by atoms with Crippen LogP contribution in [0.25, 0.3) is 88.0 Å². The molecular weight excluding hydrogens is 581 g/mol. The Kier molecular flexibility index (Phi) is 5.91. The van der Waals surface area contributed by atoms with E-state index in [1.807, 2.05) is 0 Å². The lowest BCUT2D eigenvalue weighted by Crippen LogP contribution is -1.94. The van der Waals surface area contributed by atoms with Gasteiger partial charge in [-0.1, -0.05) is 127 Å². The quantitative estimate of drug-likeness (QED) is 0.188. The van der Waals surface area contributed by atoms with Gasteiger partial charge in [0.25, 0.3) is 0 Å². The number of benzene rings is 8. The second-order valence-corrected chi connectivity index (χ2v) is 12.6. The van der Waals surface area contributed by atoms with E-state index in [0.717, 1.165) is 0 Å². The van der Waals surface area contributed by atoms with Crippen LogP contribution in [0.15, 0.2) is 182 Å². The normalized spacial score (nSPS) is 11.8. The predicted molar refractivity (Wildman–Crippen MR) is 203 cm³/mol. The Morgan fingerprint density at radius 1 is 0.271 bits per heavy atom. The van der Waals surface area contributed by atoms with Crippen molar-refractivity contribution >= 4 is 54.4 Å². The topological polar surface area (TPSA) is 9.86 Å². The van der Waals surface area contributed by atoms with Gasteiger partial charge in [0.1, 0.15) is 0 Å². The van der Waals surface area contributed by atoms with Crippen molar-refractivity contribution in [2.45, 2.75) is 0 Å². The summed E-state index contributed by atoms with van der Waals surface area (Å²) in [5.41, 5.74) is 12.1. The van der Waals surface area contributed by atoms with E-state index in [0.29, 0.717) is 0 Å². The van der Waals surface area contributed by atoms with Gasteiger partial charge in [-0.3, -0.25) is 0 Å². The number of para-hydroxylation sites is 3. The number of aromatic nitrogens is 2. The molecular formula is C46H30N2. The van der Waals surface area contributed by atoms with Crippen LogP contribution in [0.2, 0.25) is 0 Å². The van der Waals surface area contributed by atoms with E-state index in [4.69, 9.17) is 0 Å². The van der Waals surface area contributed by atoms with Crippen LogP contribution in [-0.2, 0) is 0 Å². The maximum absolute atomic E-state index is 2.41. The maximum atomic E-state index is 2.41. The fourth-order valence-electron chi connectivity index (χ4n) is 7.69. The lowest BCUT2D eigenvalue weighted by molar-refractivity contribution is 1.18. The zero-order valence-electron chi connectivity index (χ0n) is 26.2. The molecule has 0 aliphatic rings. The first-order valence-electron chi connectivity index (χ1n) is 16.5. The summed E-state index contributed by atoms with van der Waals surface area (Å²) in [6.07, 6.45) is 0. The molecule has 0 atom stereocenters. The van der Waals surface area contributed by atoms with Crippen LogP contribution in [0, 0.1) is 0 Å². The minimum atomic E-state index is 1.17. The third kappa shape index (κ3) is 4.06. The molecule has 0 fully saturated rings. The molecule has 8 aromatic carbocycles. The van der Waals surface area contributed by atoms with Crippen LogP contribution < -0.4 is 0 Å². The molecule has 0 amide bonds. The molecule has 48 heavy (non-hydrogen) atoms. The fourth-order valence-corrected chi connectivity index (χ4v) is 7.69. The molecule has 10 rings (SSSR count). The molecule has 224 valence electrons. The highest BCUT2D eigenvalue weighted by molar-refractivity contribution is 6.21. The first-order chi connectivity index (χ1) is 23.8. The summed E-state index contributed by atoms with van der Waals surface area (Å²) < 4.78 is 4.79. The van der Waals surface area contributed by atoms with Crippen molar-refractivity contribution in [3.05, 3.63) is 182 Å². The number of nitrogens with zero attached hydrogens (tertiary/aromatic N) is 2. The second-order valence-electron chi connectivity index (χ2n) is 12.6. The number of rotatable bonds is 4. The molecule has 2 heterocycles. The van der Waals surface area contributed by atoms with E-state index in [1.54, 1.807) is 0 Å². The summed E-state index contributed by atoms with van der Waals surface area (Å²) in [4.78, 5) is 0. The Labute approximate surface area is 278 Å². The van der Waals surface area contributed by atoms with Crippen molar-refractivity contribution in [1.29, 1.82) is 0 Å². The van der Waals surface area contributed by atoms with Crippen LogP contribution >= 0.6 is 0 Å². The predicted octanol–water partition coefficient (Wildman–Crippen LogP) is 12.4. The van der Waals surface area contributed by atoms with E-state index < -0.39 is 0 Å². The fraction of sp³-hybridized carbons (Fsp3) is 0. The van der Waals surface area contributed by atoms with E-state index in [-0.39, 0.29) is 0 Å². The van der Waals surface area contributed by atoms with Gasteiger partial charge >= 0.3 is 0 Å². The first kappa shape index (κ1) is 26.8. The van der Waals surface area contributed by atoms with Crippen molar-refractivity contribution in [2.24, 2.45) is 0 Å². The molecule has 0 saturated heterocycles. The van der Waals surface area contributed by atoms with Gasteiger partial charge in [0.05, 0.1) is 22.1 Å². The standard InChI is InChI=1S/C46H30N2/c1-3-11-31(12-4-1)32-19-24-37(25-20-32)47-43-18-10-8-16-41(43)46-38-26-21-33(29-35(38)23-28-44(46)47)34-22-27-40-39-15-7-9-17-42(39)48(45(40)30-34)36-13-5-2-6-14-36/h1-30H. The Bertz CT molecular complexity index is 2800. The largest absolute Gasteiger partial charge is 0.309 e. The Balaban J connectivity index is 1.13. The van der Waals surface area contributed by atoms with Crippen molar-refractivity contribution in [1.82, 2.24) is 9.13 Å². The monoisotopic (exact) mass is 610 g/mol. The molecule has 10 aromatic rings. The van der Waals surface area contributed by atoms with Gasteiger partial charge in [0.2, 0.25) is 0 Å². The first-order valence-corrected chi connectivity index (χ1v) is 16.5. The Morgan fingerprint density at radius 2 is 0.792 bits per heavy atom. The van der Waals surface area contributed by atoms with Crippen LogP contribution in [0.1, 0.15) is 0 Å². The lowest BCUT2D eigenvalue weighted by atomic mass is 9.97. The lowest BCUT2D eigenvalue weighted by Gasteiger charge is -2.11. The van der Waals surface area contributed by atoms with Gasteiger partial charge < -0.3 is 9.13 Å². The highest BCUT2D eigenvalue weighted by Gasteiger charge is 2.16.